The van der Waals surface area contributed by atoms with Crippen LogP contribution in [0.1, 0.15) is 18.6 Å². The zero-order chi connectivity index (χ0) is 13.9. The van der Waals surface area contributed by atoms with Gasteiger partial charge in [0.1, 0.15) is 5.76 Å². The van der Waals surface area contributed by atoms with Crippen molar-refractivity contribution in [3.63, 3.8) is 0 Å². The van der Waals surface area contributed by atoms with Crippen LogP contribution in [-0.2, 0) is 16.1 Å². The molecule has 1 saturated carbocycles. The Morgan fingerprint density at radius 3 is 3.05 bits per heavy atom. The van der Waals surface area contributed by atoms with Gasteiger partial charge in [-0.2, -0.15) is 5.10 Å². The second-order valence-corrected chi connectivity index (χ2v) is 4.94. The largest absolute Gasteiger partial charge is 0.467 e. The fourth-order valence-electron chi connectivity index (χ4n) is 2.50. The van der Waals surface area contributed by atoms with Gasteiger partial charge in [-0.3, -0.25) is 9.59 Å². The number of hydrogen-bond donors (Lipinski definition) is 2. The topological polar surface area (TPSA) is 83.7 Å². The van der Waals surface area contributed by atoms with Gasteiger partial charge in [0.2, 0.25) is 0 Å². The maximum atomic E-state index is 11.6. The highest BCUT2D eigenvalue weighted by atomic mass is 16.3. The Morgan fingerprint density at radius 1 is 1.40 bits per heavy atom. The van der Waals surface area contributed by atoms with Crippen LogP contribution in [0.4, 0.5) is 0 Å². The second kappa shape index (κ2) is 5.32. The van der Waals surface area contributed by atoms with E-state index in [9.17, 15) is 9.59 Å². The number of fused-ring (bicyclic) bond motifs is 1. The molecule has 1 heterocycles. The molecule has 6 nitrogen and oxygen atoms in total. The molecule has 0 aliphatic heterocycles. The molecule has 6 heteroatoms. The molecule has 104 valence electrons. The van der Waals surface area contributed by atoms with Gasteiger partial charge >= 0.3 is 11.8 Å². The quantitative estimate of drug-likeness (QED) is 0.489. The summed E-state index contributed by atoms with van der Waals surface area (Å²) in [4.78, 5) is 23.1. The minimum Gasteiger partial charge on any atom is -0.467 e. The Balaban J connectivity index is 1.45. The molecule has 0 aromatic carbocycles. The van der Waals surface area contributed by atoms with E-state index >= 15 is 0 Å². The van der Waals surface area contributed by atoms with Gasteiger partial charge in [-0.25, -0.2) is 5.43 Å². The molecule has 2 aliphatic carbocycles. The van der Waals surface area contributed by atoms with Gasteiger partial charge in [-0.1, -0.05) is 12.2 Å². The number of hydrazone groups is 1. The number of amides is 2. The first-order valence-electron chi connectivity index (χ1n) is 6.57. The molecule has 0 unspecified atom stereocenters. The predicted octanol–water partition coefficient (Wildman–Crippen LogP) is 0.964. The number of nitrogens with one attached hydrogen (secondary N) is 2. The molecule has 2 amide bonds. The van der Waals surface area contributed by atoms with E-state index in [-0.39, 0.29) is 6.54 Å². The van der Waals surface area contributed by atoms with Crippen LogP contribution in [0.5, 0.6) is 0 Å². The lowest BCUT2D eigenvalue weighted by Gasteiger charge is -2.31. The van der Waals surface area contributed by atoms with Crippen molar-refractivity contribution in [2.24, 2.45) is 16.9 Å². The Morgan fingerprint density at radius 2 is 2.30 bits per heavy atom. The lowest BCUT2D eigenvalue weighted by atomic mass is 9.74. The van der Waals surface area contributed by atoms with Crippen molar-refractivity contribution in [2.45, 2.75) is 19.4 Å². The minimum absolute atomic E-state index is 0.185. The van der Waals surface area contributed by atoms with Gasteiger partial charge in [0.15, 0.2) is 0 Å². The number of carbonyl (C=O) groups is 2. The van der Waals surface area contributed by atoms with Crippen molar-refractivity contribution in [1.82, 2.24) is 10.7 Å². The molecule has 2 N–H and O–H groups in total. The van der Waals surface area contributed by atoms with E-state index in [0.717, 1.165) is 18.6 Å². The van der Waals surface area contributed by atoms with Gasteiger partial charge in [0.25, 0.3) is 0 Å². The van der Waals surface area contributed by atoms with Crippen molar-refractivity contribution in [2.75, 3.05) is 0 Å². The van der Waals surface area contributed by atoms with Crippen molar-refractivity contribution >= 4 is 17.5 Å². The van der Waals surface area contributed by atoms with E-state index in [1.165, 1.54) is 6.26 Å². The molecule has 0 saturated heterocycles. The Bertz CT molecular complexity index is 574. The van der Waals surface area contributed by atoms with Gasteiger partial charge < -0.3 is 9.73 Å². The highest BCUT2D eigenvalue weighted by Gasteiger charge is 2.38. The molecule has 20 heavy (non-hydrogen) atoms. The van der Waals surface area contributed by atoms with Crippen LogP contribution in [0.15, 0.2) is 40.1 Å². The van der Waals surface area contributed by atoms with Gasteiger partial charge in [-0.15, -0.1) is 0 Å². The number of furan rings is 1. The average Bonchev–Trinajstić information content (AvgIpc) is 3.06. The molecule has 0 bridgehead atoms. The number of hydrogen-bond acceptors (Lipinski definition) is 4. The van der Waals surface area contributed by atoms with Gasteiger partial charge in [-0.05, 0) is 30.9 Å². The molecular weight excluding hydrogens is 258 g/mol. The summed E-state index contributed by atoms with van der Waals surface area (Å²) in [6.45, 7) is 0.185. The van der Waals surface area contributed by atoms with Crippen LogP contribution in [0.3, 0.4) is 0 Å². The summed E-state index contributed by atoms with van der Waals surface area (Å²) in [6.07, 6.45) is 7.67. The lowest BCUT2D eigenvalue weighted by Crippen LogP contribution is -2.40. The highest BCUT2D eigenvalue weighted by molar-refractivity contribution is 6.35. The first kappa shape index (κ1) is 12.7. The molecule has 1 aromatic heterocycles. The first-order chi connectivity index (χ1) is 9.74. The van der Waals surface area contributed by atoms with Crippen LogP contribution in [0.25, 0.3) is 0 Å². The summed E-state index contributed by atoms with van der Waals surface area (Å²) in [5, 5.41) is 6.50. The van der Waals surface area contributed by atoms with Crippen molar-refractivity contribution in [3.05, 3.63) is 36.3 Å². The molecule has 3 rings (SSSR count). The lowest BCUT2D eigenvalue weighted by molar-refractivity contribution is -0.139. The molecular formula is C14H15N3O3. The summed E-state index contributed by atoms with van der Waals surface area (Å²) < 4.78 is 5.05. The molecule has 1 fully saturated rings. The molecule has 2 atom stereocenters. The fraction of sp³-hybridized carbons (Fsp3) is 0.357. The van der Waals surface area contributed by atoms with Gasteiger partial charge in [0, 0.05) is 11.6 Å². The van der Waals surface area contributed by atoms with Crippen LogP contribution in [0.2, 0.25) is 0 Å². The molecule has 1 aromatic rings. The predicted molar refractivity (Wildman–Crippen MR) is 71.5 cm³/mol. The van der Waals surface area contributed by atoms with Crippen molar-refractivity contribution < 1.29 is 14.0 Å². The summed E-state index contributed by atoms with van der Waals surface area (Å²) in [5.41, 5.74) is 3.27. The Labute approximate surface area is 115 Å². The SMILES string of the molecule is O=C(NCc1ccco1)C(=O)N/N=C1\C[C@H]2C=CC[C@H]12. The maximum absolute atomic E-state index is 11.6. The third kappa shape index (κ3) is 2.49. The summed E-state index contributed by atoms with van der Waals surface area (Å²) in [5.74, 6) is 0.112. The minimum atomic E-state index is -0.751. The second-order valence-electron chi connectivity index (χ2n) is 4.94. The van der Waals surface area contributed by atoms with E-state index in [2.05, 4.69) is 28.0 Å². The smallest absolute Gasteiger partial charge is 0.329 e. The van der Waals surface area contributed by atoms with Crippen LogP contribution >= 0.6 is 0 Å². The summed E-state index contributed by atoms with van der Waals surface area (Å²) in [6, 6.07) is 3.44. The maximum Gasteiger partial charge on any atom is 0.329 e. The van der Waals surface area contributed by atoms with Crippen molar-refractivity contribution in [3.8, 4) is 0 Å². The van der Waals surface area contributed by atoms with E-state index in [1.807, 2.05) is 0 Å². The van der Waals surface area contributed by atoms with E-state index < -0.39 is 11.8 Å². The molecule has 0 spiro atoms. The number of allylic oxidation sites excluding steroid dienone is 2. The third-order valence-electron chi connectivity index (χ3n) is 3.67. The summed E-state index contributed by atoms with van der Waals surface area (Å²) >= 11 is 0. The zero-order valence-electron chi connectivity index (χ0n) is 10.8. The Hall–Kier alpha value is -2.37. The molecule has 0 radical (unpaired) electrons. The molecule has 2 aliphatic rings. The standard InChI is InChI=1S/C14H15N3O3/c18-13(15-8-10-4-2-6-20-10)14(19)17-16-12-7-9-3-1-5-11(9)12/h1-4,6,9,11H,5,7-8H2,(H,15,18)(H,17,19)/b16-12+/t9-,11+/m1/s1. The first-order valence-corrected chi connectivity index (χ1v) is 6.57. The average molecular weight is 273 g/mol. The van der Waals surface area contributed by atoms with Crippen LogP contribution in [-0.4, -0.2) is 17.5 Å². The monoisotopic (exact) mass is 273 g/mol. The van der Waals surface area contributed by atoms with Gasteiger partial charge in [0.05, 0.1) is 12.8 Å². The normalized spacial score (nSPS) is 25.1. The summed E-state index contributed by atoms with van der Waals surface area (Å²) in [7, 11) is 0. The Kier molecular flexibility index (Phi) is 3.37. The van der Waals surface area contributed by atoms with E-state index in [0.29, 0.717) is 17.6 Å². The van der Waals surface area contributed by atoms with E-state index in [1.54, 1.807) is 12.1 Å². The number of rotatable bonds is 3. The number of nitrogens with zero attached hydrogens (tertiary/aromatic N) is 1. The highest BCUT2D eigenvalue weighted by Crippen LogP contribution is 2.39. The zero-order valence-corrected chi connectivity index (χ0v) is 10.8. The third-order valence-corrected chi connectivity index (χ3v) is 3.67. The number of carbonyl (C=O) groups excluding carboxylic acids is 2. The van der Waals surface area contributed by atoms with Crippen molar-refractivity contribution in [1.29, 1.82) is 0 Å². The van der Waals surface area contributed by atoms with E-state index in [4.69, 9.17) is 4.42 Å². The van der Waals surface area contributed by atoms with Crippen LogP contribution in [0, 0.1) is 11.8 Å². The van der Waals surface area contributed by atoms with Crippen LogP contribution < -0.4 is 10.7 Å². The fourth-order valence-corrected chi connectivity index (χ4v) is 2.50.